The van der Waals surface area contributed by atoms with Gasteiger partial charge in [-0.05, 0) is 42.7 Å². The molecule has 21 heavy (non-hydrogen) atoms. The molecule has 0 aliphatic carbocycles. The zero-order chi connectivity index (χ0) is 15.4. The van der Waals surface area contributed by atoms with Crippen LogP contribution in [0.3, 0.4) is 0 Å². The molecule has 0 aliphatic rings. The van der Waals surface area contributed by atoms with Crippen LogP contribution >= 0.6 is 0 Å². The fourth-order valence-corrected chi connectivity index (χ4v) is 2.45. The number of aryl methyl sites for hydroxylation is 2. The second-order valence-electron chi connectivity index (χ2n) is 4.97. The summed E-state index contributed by atoms with van der Waals surface area (Å²) in [7, 11) is 1.56. The van der Waals surface area contributed by atoms with Crippen molar-refractivity contribution in [3.05, 3.63) is 64.7 Å². The van der Waals surface area contributed by atoms with Crippen molar-refractivity contribution in [1.29, 1.82) is 5.26 Å². The Bertz CT molecular complexity index is 693. The van der Waals surface area contributed by atoms with Gasteiger partial charge in [0.15, 0.2) is 5.78 Å². The van der Waals surface area contributed by atoms with E-state index in [1.807, 2.05) is 32.0 Å². The Labute approximate surface area is 124 Å². The zero-order valence-electron chi connectivity index (χ0n) is 12.4. The minimum Gasteiger partial charge on any atom is -0.497 e. The summed E-state index contributed by atoms with van der Waals surface area (Å²) in [6.07, 6.45) is 0. The van der Waals surface area contributed by atoms with Gasteiger partial charge in [0.25, 0.3) is 0 Å². The van der Waals surface area contributed by atoms with Gasteiger partial charge in [0.1, 0.15) is 11.7 Å². The fraction of sp³-hybridized carbons (Fsp3) is 0.222. The molecule has 3 nitrogen and oxygen atoms in total. The first kappa shape index (κ1) is 14.8. The van der Waals surface area contributed by atoms with Gasteiger partial charge in [-0.15, -0.1) is 0 Å². The highest BCUT2D eigenvalue weighted by atomic mass is 16.5. The molecule has 0 spiro atoms. The summed E-state index contributed by atoms with van der Waals surface area (Å²) < 4.78 is 5.16. The molecule has 106 valence electrons. The summed E-state index contributed by atoms with van der Waals surface area (Å²) >= 11 is 0. The molecule has 2 aromatic rings. The molecule has 0 saturated heterocycles. The second kappa shape index (κ2) is 6.23. The average Bonchev–Trinajstić information content (AvgIpc) is 2.48. The van der Waals surface area contributed by atoms with Crippen LogP contribution in [0.4, 0.5) is 0 Å². The molecule has 0 aromatic heterocycles. The van der Waals surface area contributed by atoms with Gasteiger partial charge in [-0.1, -0.05) is 30.3 Å². The van der Waals surface area contributed by atoms with Gasteiger partial charge in [-0.2, -0.15) is 5.26 Å². The maximum atomic E-state index is 12.8. The molecule has 0 N–H and O–H groups in total. The van der Waals surface area contributed by atoms with Crippen LogP contribution in [-0.4, -0.2) is 12.9 Å². The summed E-state index contributed by atoms with van der Waals surface area (Å²) in [6.45, 7) is 3.78. The van der Waals surface area contributed by atoms with E-state index in [1.165, 1.54) is 0 Å². The van der Waals surface area contributed by atoms with Crippen molar-refractivity contribution in [3.63, 3.8) is 0 Å². The number of methoxy groups -OCH3 is 1. The number of ketones is 1. The lowest BCUT2D eigenvalue weighted by atomic mass is 9.87. The molecular formula is C18H17NO2. The van der Waals surface area contributed by atoms with Gasteiger partial charge < -0.3 is 4.74 Å². The summed E-state index contributed by atoms with van der Waals surface area (Å²) in [5.41, 5.74) is 3.07. The van der Waals surface area contributed by atoms with E-state index in [4.69, 9.17) is 4.74 Å². The topological polar surface area (TPSA) is 50.1 Å². The third-order valence-electron chi connectivity index (χ3n) is 3.55. The summed E-state index contributed by atoms with van der Waals surface area (Å²) in [6, 6.07) is 14.9. The van der Waals surface area contributed by atoms with Crippen LogP contribution in [0.5, 0.6) is 5.75 Å². The number of nitriles is 1. The molecule has 2 rings (SSSR count). The first-order valence-electron chi connectivity index (χ1n) is 6.72. The Morgan fingerprint density at radius 1 is 1.14 bits per heavy atom. The van der Waals surface area contributed by atoms with E-state index < -0.39 is 5.92 Å². The normalized spacial score (nSPS) is 11.5. The van der Waals surface area contributed by atoms with Crippen molar-refractivity contribution >= 4 is 5.78 Å². The largest absolute Gasteiger partial charge is 0.497 e. The van der Waals surface area contributed by atoms with Crippen LogP contribution in [0.15, 0.2) is 42.5 Å². The van der Waals surface area contributed by atoms with Crippen LogP contribution < -0.4 is 4.74 Å². The Morgan fingerprint density at radius 3 is 2.33 bits per heavy atom. The Hall–Kier alpha value is -2.60. The molecule has 0 amide bonds. The molecule has 0 saturated carbocycles. The molecule has 0 heterocycles. The average molecular weight is 279 g/mol. The van der Waals surface area contributed by atoms with E-state index in [2.05, 4.69) is 6.07 Å². The maximum Gasteiger partial charge on any atom is 0.184 e. The quantitative estimate of drug-likeness (QED) is 0.800. The molecule has 0 fully saturated rings. The van der Waals surface area contributed by atoms with Crippen LogP contribution in [-0.2, 0) is 0 Å². The molecular weight excluding hydrogens is 262 g/mol. The fourth-order valence-electron chi connectivity index (χ4n) is 2.45. The van der Waals surface area contributed by atoms with Gasteiger partial charge in [0, 0.05) is 5.56 Å². The van der Waals surface area contributed by atoms with Crippen LogP contribution in [0.1, 0.15) is 33.0 Å². The first-order valence-corrected chi connectivity index (χ1v) is 6.72. The molecule has 2 aromatic carbocycles. The molecule has 1 unspecified atom stereocenters. The van der Waals surface area contributed by atoms with Gasteiger partial charge >= 0.3 is 0 Å². The third kappa shape index (κ3) is 2.95. The zero-order valence-corrected chi connectivity index (χ0v) is 12.4. The lowest BCUT2D eigenvalue weighted by molar-refractivity contribution is 0.0977. The van der Waals surface area contributed by atoms with Gasteiger partial charge in [0.05, 0.1) is 13.2 Å². The predicted octanol–water partition coefficient (Wildman–Crippen LogP) is 3.80. The Kier molecular flexibility index (Phi) is 4.39. The monoisotopic (exact) mass is 279 g/mol. The maximum absolute atomic E-state index is 12.8. The summed E-state index contributed by atoms with van der Waals surface area (Å²) in [5, 5.41) is 9.44. The number of nitrogens with zero attached hydrogens (tertiary/aromatic N) is 1. The summed E-state index contributed by atoms with van der Waals surface area (Å²) in [5.74, 6) is -0.344. The van der Waals surface area contributed by atoms with Crippen LogP contribution in [0.2, 0.25) is 0 Å². The van der Waals surface area contributed by atoms with Crippen molar-refractivity contribution in [2.24, 2.45) is 0 Å². The van der Waals surface area contributed by atoms with E-state index in [1.54, 1.807) is 31.4 Å². The number of ether oxygens (including phenoxy) is 1. The number of hydrogen-bond acceptors (Lipinski definition) is 3. The highest BCUT2D eigenvalue weighted by molar-refractivity contribution is 6.04. The molecule has 0 bridgehead atoms. The third-order valence-corrected chi connectivity index (χ3v) is 3.55. The van der Waals surface area contributed by atoms with Gasteiger partial charge in [-0.25, -0.2) is 0 Å². The van der Waals surface area contributed by atoms with Crippen molar-refractivity contribution in [2.75, 3.05) is 7.11 Å². The van der Waals surface area contributed by atoms with E-state index in [9.17, 15) is 10.1 Å². The number of hydrogen-bond donors (Lipinski definition) is 0. The smallest absolute Gasteiger partial charge is 0.184 e. The molecule has 1 atom stereocenters. The van der Waals surface area contributed by atoms with E-state index in [-0.39, 0.29) is 5.78 Å². The number of Topliss-reactive ketones (excluding diaryl/α,β-unsaturated/α-hetero) is 1. The first-order chi connectivity index (χ1) is 10.1. The van der Waals surface area contributed by atoms with Crippen molar-refractivity contribution < 1.29 is 9.53 Å². The lowest BCUT2D eigenvalue weighted by Gasteiger charge is -2.13. The number of rotatable bonds is 4. The van der Waals surface area contributed by atoms with Gasteiger partial charge in [-0.3, -0.25) is 4.79 Å². The number of carbonyl (C=O) groups is 1. The molecule has 0 radical (unpaired) electrons. The summed E-state index contributed by atoms with van der Waals surface area (Å²) in [4.78, 5) is 12.8. The molecule has 3 heteroatoms. The van der Waals surface area contributed by atoms with E-state index in [0.717, 1.165) is 11.1 Å². The van der Waals surface area contributed by atoms with Crippen LogP contribution in [0, 0.1) is 25.2 Å². The van der Waals surface area contributed by atoms with Crippen LogP contribution in [0.25, 0.3) is 0 Å². The van der Waals surface area contributed by atoms with Crippen molar-refractivity contribution in [1.82, 2.24) is 0 Å². The van der Waals surface area contributed by atoms with E-state index >= 15 is 0 Å². The minimum absolute atomic E-state index is 0.165. The predicted molar refractivity (Wildman–Crippen MR) is 81.6 cm³/mol. The second-order valence-corrected chi connectivity index (χ2v) is 4.97. The highest BCUT2D eigenvalue weighted by Crippen LogP contribution is 2.26. The SMILES string of the molecule is COc1cccc(C(C#N)C(=O)c2c(C)cccc2C)c1. The van der Waals surface area contributed by atoms with Crippen molar-refractivity contribution in [3.8, 4) is 11.8 Å². The van der Waals surface area contributed by atoms with Gasteiger partial charge in [0.2, 0.25) is 0 Å². The standard InChI is InChI=1S/C18H17NO2/c1-12-6-4-7-13(2)17(12)18(20)16(11-19)14-8-5-9-15(10-14)21-3/h4-10,16H,1-3H3. The highest BCUT2D eigenvalue weighted by Gasteiger charge is 2.24. The number of carbonyl (C=O) groups excluding carboxylic acids is 1. The molecule has 0 aliphatic heterocycles. The lowest BCUT2D eigenvalue weighted by Crippen LogP contribution is -2.14. The minimum atomic E-state index is -0.820. The van der Waals surface area contributed by atoms with E-state index in [0.29, 0.717) is 16.9 Å². The number of benzene rings is 2. The Balaban J connectivity index is 2.46. The van der Waals surface area contributed by atoms with Crippen molar-refractivity contribution in [2.45, 2.75) is 19.8 Å². The Morgan fingerprint density at radius 2 is 1.76 bits per heavy atom.